The van der Waals surface area contributed by atoms with Gasteiger partial charge in [0.05, 0.1) is 5.92 Å². The first kappa shape index (κ1) is 13.9. The number of nitrogens with one attached hydrogen (secondary N) is 1. The van der Waals surface area contributed by atoms with Crippen LogP contribution < -0.4 is 11.1 Å². The Morgan fingerprint density at radius 1 is 1.28 bits per heavy atom. The maximum absolute atomic E-state index is 12.2. The largest absolute Gasteiger partial charge is 0.355 e. The van der Waals surface area contributed by atoms with Crippen LogP contribution in [0, 0.1) is 11.3 Å². The molecule has 2 rings (SSSR count). The van der Waals surface area contributed by atoms with Crippen molar-refractivity contribution in [1.82, 2.24) is 5.32 Å². The molecule has 2 saturated carbocycles. The third kappa shape index (κ3) is 3.47. The highest BCUT2D eigenvalue weighted by Gasteiger charge is 2.42. The molecule has 0 aromatic carbocycles. The van der Waals surface area contributed by atoms with E-state index in [4.69, 9.17) is 5.73 Å². The number of rotatable bonds is 5. The Morgan fingerprint density at radius 3 is 2.67 bits per heavy atom. The SMILES string of the molecule is CCCC1(CNC(=O)C2CCCCCC2N)CC1. The van der Waals surface area contributed by atoms with Crippen LogP contribution in [0.4, 0.5) is 0 Å². The molecule has 3 heteroatoms. The molecule has 0 aromatic heterocycles. The minimum Gasteiger partial charge on any atom is -0.355 e. The Labute approximate surface area is 111 Å². The number of hydrogen-bond donors (Lipinski definition) is 2. The first-order valence-corrected chi connectivity index (χ1v) is 7.70. The maximum Gasteiger partial charge on any atom is 0.224 e. The molecule has 18 heavy (non-hydrogen) atoms. The molecule has 3 nitrogen and oxygen atoms in total. The fraction of sp³-hybridized carbons (Fsp3) is 0.933. The first-order chi connectivity index (χ1) is 8.67. The summed E-state index contributed by atoms with van der Waals surface area (Å²) in [6.45, 7) is 3.10. The standard InChI is InChI=1S/C15H28N2O/c1-2-8-15(9-10-15)11-17-14(18)12-6-4-3-5-7-13(12)16/h12-13H,2-11,16H2,1H3,(H,17,18). The monoisotopic (exact) mass is 252 g/mol. The van der Waals surface area contributed by atoms with E-state index < -0.39 is 0 Å². The molecule has 0 bridgehead atoms. The molecule has 2 aliphatic carbocycles. The average molecular weight is 252 g/mol. The van der Waals surface area contributed by atoms with Crippen molar-refractivity contribution in [2.24, 2.45) is 17.1 Å². The summed E-state index contributed by atoms with van der Waals surface area (Å²) in [7, 11) is 0. The predicted molar refractivity (Wildman–Crippen MR) is 74.1 cm³/mol. The fourth-order valence-corrected chi connectivity index (χ4v) is 3.29. The van der Waals surface area contributed by atoms with Crippen LogP contribution in [0.1, 0.15) is 64.7 Å². The molecule has 2 aliphatic rings. The molecule has 0 spiro atoms. The van der Waals surface area contributed by atoms with Gasteiger partial charge in [-0.05, 0) is 37.5 Å². The second kappa shape index (κ2) is 6.05. The van der Waals surface area contributed by atoms with Gasteiger partial charge in [0, 0.05) is 12.6 Å². The minimum absolute atomic E-state index is 0.0601. The third-order valence-electron chi connectivity index (χ3n) is 4.78. The van der Waals surface area contributed by atoms with Gasteiger partial charge in [0.2, 0.25) is 5.91 Å². The highest BCUT2D eigenvalue weighted by Crippen LogP contribution is 2.48. The average Bonchev–Trinajstić information content (AvgIpc) is 3.13. The molecule has 104 valence electrons. The smallest absolute Gasteiger partial charge is 0.224 e. The van der Waals surface area contributed by atoms with Gasteiger partial charge in [0.15, 0.2) is 0 Å². The number of nitrogens with two attached hydrogens (primary N) is 1. The van der Waals surface area contributed by atoms with Crippen molar-refractivity contribution in [2.75, 3.05) is 6.54 Å². The Bertz CT molecular complexity index is 286. The highest BCUT2D eigenvalue weighted by molar-refractivity contribution is 5.79. The van der Waals surface area contributed by atoms with Crippen molar-refractivity contribution in [3.05, 3.63) is 0 Å². The van der Waals surface area contributed by atoms with E-state index in [1.807, 2.05) is 0 Å². The van der Waals surface area contributed by atoms with E-state index in [0.717, 1.165) is 25.8 Å². The molecular formula is C15H28N2O. The van der Waals surface area contributed by atoms with E-state index in [2.05, 4.69) is 12.2 Å². The van der Waals surface area contributed by atoms with Crippen LogP contribution in [0.15, 0.2) is 0 Å². The van der Waals surface area contributed by atoms with Crippen molar-refractivity contribution in [3.63, 3.8) is 0 Å². The second-order valence-electron chi connectivity index (χ2n) is 6.38. The molecule has 0 aliphatic heterocycles. The zero-order chi connectivity index (χ0) is 13.0. The second-order valence-corrected chi connectivity index (χ2v) is 6.38. The van der Waals surface area contributed by atoms with E-state index in [1.54, 1.807) is 0 Å². The molecule has 0 saturated heterocycles. The van der Waals surface area contributed by atoms with Gasteiger partial charge in [-0.15, -0.1) is 0 Å². The number of carbonyl (C=O) groups excluding carboxylic acids is 1. The van der Waals surface area contributed by atoms with Crippen molar-refractivity contribution in [2.45, 2.75) is 70.8 Å². The number of amides is 1. The summed E-state index contributed by atoms with van der Waals surface area (Å²) < 4.78 is 0. The van der Waals surface area contributed by atoms with E-state index in [0.29, 0.717) is 5.41 Å². The van der Waals surface area contributed by atoms with Crippen LogP contribution in [0.5, 0.6) is 0 Å². The van der Waals surface area contributed by atoms with Crippen LogP contribution in [-0.2, 0) is 4.79 Å². The Kier molecular flexibility index (Phi) is 4.66. The molecule has 1 amide bonds. The Morgan fingerprint density at radius 2 is 2.00 bits per heavy atom. The first-order valence-electron chi connectivity index (χ1n) is 7.70. The molecule has 0 radical (unpaired) electrons. The van der Waals surface area contributed by atoms with Gasteiger partial charge in [0.25, 0.3) is 0 Å². The summed E-state index contributed by atoms with van der Waals surface area (Å²) in [6.07, 6.45) is 10.6. The van der Waals surface area contributed by atoms with Gasteiger partial charge in [-0.2, -0.15) is 0 Å². The van der Waals surface area contributed by atoms with E-state index in [1.165, 1.54) is 38.5 Å². The van der Waals surface area contributed by atoms with Gasteiger partial charge < -0.3 is 11.1 Å². The van der Waals surface area contributed by atoms with Crippen LogP contribution in [-0.4, -0.2) is 18.5 Å². The fourth-order valence-electron chi connectivity index (χ4n) is 3.29. The highest BCUT2D eigenvalue weighted by atomic mass is 16.1. The zero-order valence-corrected chi connectivity index (χ0v) is 11.7. The Hall–Kier alpha value is -0.570. The molecule has 0 heterocycles. The number of hydrogen-bond acceptors (Lipinski definition) is 2. The quantitative estimate of drug-likeness (QED) is 0.739. The van der Waals surface area contributed by atoms with E-state index >= 15 is 0 Å². The predicted octanol–water partition coefficient (Wildman–Crippen LogP) is 2.59. The van der Waals surface area contributed by atoms with Crippen molar-refractivity contribution in [1.29, 1.82) is 0 Å². The molecular weight excluding hydrogens is 224 g/mol. The van der Waals surface area contributed by atoms with Gasteiger partial charge in [-0.1, -0.05) is 32.6 Å². The van der Waals surface area contributed by atoms with Gasteiger partial charge in [-0.3, -0.25) is 4.79 Å². The molecule has 2 atom stereocenters. The van der Waals surface area contributed by atoms with E-state index in [-0.39, 0.29) is 17.9 Å². The topological polar surface area (TPSA) is 55.1 Å². The number of carbonyl (C=O) groups is 1. The van der Waals surface area contributed by atoms with Crippen molar-refractivity contribution >= 4 is 5.91 Å². The minimum atomic E-state index is 0.0601. The normalized spacial score (nSPS) is 30.6. The van der Waals surface area contributed by atoms with Gasteiger partial charge >= 0.3 is 0 Å². The maximum atomic E-state index is 12.2. The van der Waals surface area contributed by atoms with Crippen molar-refractivity contribution < 1.29 is 4.79 Å². The summed E-state index contributed by atoms with van der Waals surface area (Å²) in [5.41, 5.74) is 6.58. The summed E-state index contributed by atoms with van der Waals surface area (Å²) in [6, 6.07) is 0.0776. The molecule has 2 fully saturated rings. The lowest BCUT2D eigenvalue weighted by molar-refractivity contribution is -0.126. The van der Waals surface area contributed by atoms with Crippen molar-refractivity contribution in [3.8, 4) is 0 Å². The molecule has 3 N–H and O–H groups in total. The van der Waals surface area contributed by atoms with Crippen LogP contribution in [0.3, 0.4) is 0 Å². The summed E-state index contributed by atoms with van der Waals surface area (Å²) in [5, 5.41) is 3.18. The summed E-state index contributed by atoms with van der Waals surface area (Å²) >= 11 is 0. The zero-order valence-electron chi connectivity index (χ0n) is 11.7. The summed E-state index contributed by atoms with van der Waals surface area (Å²) in [5.74, 6) is 0.275. The Balaban J connectivity index is 1.79. The summed E-state index contributed by atoms with van der Waals surface area (Å²) in [4.78, 5) is 12.2. The van der Waals surface area contributed by atoms with E-state index in [9.17, 15) is 4.79 Å². The van der Waals surface area contributed by atoms with Gasteiger partial charge in [0.1, 0.15) is 0 Å². The van der Waals surface area contributed by atoms with Crippen LogP contribution in [0.2, 0.25) is 0 Å². The lowest BCUT2D eigenvalue weighted by Gasteiger charge is -2.22. The van der Waals surface area contributed by atoms with Gasteiger partial charge in [-0.25, -0.2) is 0 Å². The lowest BCUT2D eigenvalue weighted by Crippen LogP contribution is -2.43. The van der Waals surface area contributed by atoms with Crippen LogP contribution >= 0.6 is 0 Å². The third-order valence-corrected chi connectivity index (χ3v) is 4.78. The molecule has 0 aromatic rings. The lowest BCUT2D eigenvalue weighted by atomic mass is 9.94. The van der Waals surface area contributed by atoms with Crippen LogP contribution in [0.25, 0.3) is 0 Å². The molecule has 2 unspecified atom stereocenters.